The molecular formula is C13H13NO2S. The van der Waals surface area contributed by atoms with Crippen LogP contribution < -0.4 is 4.74 Å². The number of hydrogen-bond donors (Lipinski definition) is 0. The minimum Gasteiger partial charge on any atom is -0.496 e. The van der Waals surface area contributed by atoms with E-state index in [-0.39, 0.29) is 5.78 Å². The zero-order valence-corrected chi connectivity index (χ0v) is 10.8. The lowest BCUT2D eigenvalue weighted by atomic mass is 10.0. The van der Waals surface area contributed by atoms with Crippen LogP contribution in [0.4, 0.5) is 0 Å². The van der Waals surface area contributed by atoms with E-state index in [4.69, 9.17) is 4.74 Å². The van der Waals surface area contributed by atoms with Gasteiger partial charge in [0.25, 0.3) is 0 Å². The number of benzene rings is 1. The monoisotopic (exact) mass is 247 g/mol. The number of ketones is 1. The second kappa shape index (κ2) is 4.67. The molecule has 0 bridgehead atoms. The van der Waals surface area contributed by atoms with Crippen molar-refractivity contribution in [3.8, 4) is 5.75 Å². The van der Waals surface area contributed by atoms with Gasteiger partial charge >= 0.3 is 0 Å². The fourth-order valence-corrected chi connectivity index (χ4v) is 2.29. The Morgan fingerprint density at radius 1 is 1.29 bits per heavy atom. The van der Waals surface area contributed by atoms with Crippen molar-refractivity contribution in [2.24, 2.45) is 0 Å². The standard InChI is InChI=1S/C13H13NO2S/c1-8-5-11(16-3)9(2)4-10(8)13(15)12-6-14-7-17-12/h4-7H,1-3H3. The molecule has 0 aliphatic heterocycles. The smallest absolute Gasteiger partial charge is 0.204 e. The molecule has 2 rings (SSSR count). The summed E-state index contributed by atoms with van der Waals surface area (Å²) in [5, 5.41) is 0. The summed E-state index contributed by atoms with van der Waals surface area (Å²) in [4.78, 5) is 16.8. The largest absolute Gasteiger partial charge is 0.496 e. The lowest BCUT2D eigenvalue weighted by molar-refractivity contribution is 0.104. The summed E-state index contributed by atoms with van der Waals surface area (Å²) in [6.07, 6.45) is 1.60. The summed E-state index contributed by atoms with van der Waals surface area (Å²) < 4.78 is 5.23. The van der Waals surface area contributed by atoms with Gasteiger partial charge in [0.2, 0.25) is 5.78 Å². The molecule has 2 aromatic rings. The molecule has 3 nitrogen and oxygen atoms in total. The maximum Gasteiger partial charge on any atom is 0.204 e. The lowest BCUT2D eigenvalue weighted by Gasteiger charge is -2.09. The van der Waals surface area contributed by atoms with Crippen molar-refractivity contribution in [2.75, 3.05) is 7.11 Å². The molecule has 17 heavy (non-hydrogen) atoms. The summed E-state index contributed by atoms with van der Waals surface area (Å²) in [5.74, 6) is 0.833. The molecule has 0 saturated heterocycles. The fraction of sp³-hybridized carbons (Fsp3) is 0.231. The lowest BCUT2D eigenvalue weighted by Crippen LogP contribution is -2.03. The van der Waals surface area contributed by atoms with Crippen LogP contribution in [0.5, 0.6) is 5.75 Å². The van der Waals surface area contributed by atoms with Crippen molar-refractivity contribution in [1.29, 1.82) is 0 Å². The quantitative estimate of drug-likeness (QED) is 0.783. The van der Waals surface area contributed by atoms with Crippen molar-refractivity contribution in [3.05, 3.63) is 45.4 Å². The first kappa shape index (κ1) is 11.8. The number of hydrogen-bond acceptors (Lipinski definition) is 4. The zero-order chi connectivity index (χ0) is 12.4. The van der Waals surface area contributed by atoms with Crippen LogP contribution in [0.3, 0.4) is 0 Å². The maximum atomic E-state index is 12.2. The number of aromatic nitrogens is 1. The number of aryl methyl sites for hydroxylation is 2. The van der Waals surface area contributed by atoms with Crippen LogP contribution in [-0.2, 0) is 0 Å². The Morgan fingerprint density at radius 2 is 2.06 bits per heavy atom. The molecule has 0 N–H and O–H groups in total. The average Bonchev–Trinajstić information content (AvgIpc) is 2.84. The predicted molar refractivity (Wildman–Crippen MR) is 68.0 cm³/mol. The third kappa shape index (κ3) is 2.22. The van der Waals surface area contributed by atoms with Gasteiger partial charge in [-0.2, -0.15) is 0 Å². The van der Waals surface area contributed by atoms with Crippen molar-refractivity contribution < 1.29 is 9.53 Å². The van der Waals surface area contributed by atoms with E-state index in [0.717, 1.165) is 16.9 Å². The van der Waals surface area contributed by atoms with E-state index in [1.54, 1.807) is 18.8 Å². The highest BCUT2D eigenvalue weighted by Gasteiger charge is 2.15. The van der Waals surface area contributed by atoms with E-state index in [2.05, 4.69) is 4.98 Å². The zero-order valence-electron chi connectivity index (χ0n) is 9.98. The SMILES string of the molecule is COc1cc(C)c(C(=O)c2cncs2)cc1C. The fourth-order valence-electron chi connectivity index (χ4n) is 1.71. The highest BCUT2D eigenvalue weighted by atomic mass is 32.1. The second-order valence-corrected chi connectivity index (χ2v) is 4.72. The molecule has 0 spiro atoms. The topological polar surface area (TPSA) is 39.2 Å². The predicted octanol–water partition coefficient (Wildman–Crippen LogP) is 3.00. The molecule has 0 radical (unpaired) electrons. The van der Waals surface area contributed by atoms with Gasteiger partial charge in [0.1, 0.15) is 5.75 Å². The van der Waals surface area contributed by atoms with Crippen LogP contribution in [0.2, 0.25) is 0 Å². The van der Waals surface area contributed by atoms with Crippen LogP contribution in [0.15, 0.2) is 23.8 Å². The number of methoxy groups -OCH3 is 1. The van der Waals surface area contributed by atoms with E-state index < -0.39 is 0 Å². The number of carbonyl (C=O) groups excluding carboxylic acids is 1. The van der Waals surface area contributed by atoms with Gasteiger partial charge in [-0.15, -0.1) is 11.3 Å². The maximum absolute atomic E-state index is 12.2. The Bertz CT molecular complexity index is 547. The summed E-state index contributed by atoms with van der Waals surface area (Å²) in [5.41, 5.74) is 4.27. The molecule has 4 heteroatoms. The molecule has 0 aliphatic carbocycles. The molecule has 1 heterocycles. The molecule has 1 aromatic heterocycles. The molecule has 0 amide bonds. The summed E-state index contributed by atoms with van der Waals surface area (Å²) in [7, 11) is 1.63. The molecule has 1 aromatic carbocycles. The van der Waals surface area contributed by atoms with Gasteiger partial charge in [-0.3, -0.25) is 9.78 Å². The molecule has 0 aliphatic rings. The minimum atomic E-state index is 0.0238. The number of carbonyl (C=O) groups is 1. The Hall–Kier alpha value is -1.68. The molecule has 0 unspecified atom stereocenters. The summed E-state index contributed by atoms with van der Waals surface area (Å²) in [6.45, 7) is 3.85. The van der Waals surface area contributed by atoms with E-state index >= 15 is 0 Å². The van der Waals surface area contributed by atoms with Gasteiger partial charge < -0.3 is 4.74 Å². The number of rotatable bonds is 3. The van der Waals surface area contributed by atoms with Gasteiger partial charge in [-0.1, -0.05) is 0 Å². The summed E-state index contributed by atoms with van der Waals surface area (Å²) >= 11 is 1.36. The molecule has 0 saturated carbocycles. The Labute approximate surface area is 104 Å². The average molecular weight is 247 g/mol. The molecular weight excluding hydrogens is 234 g/mol. The number of ether oxygens (including phenoxy) is 1. The first-order chi connectivity index (χ1) is 8.13. The van der Waals surface area contributed by atoms with Crippen LogP contribution in [-0.4, -0.2) is 17.9 Å². The normalized spacial score (nSPS) is 10.3. The van der Waals surface area contributed by atoms with Gasteiger partial charge in [-0.25, -0.2) is 0 Å². The van der Waals surface area contributed by atoms with Crippen molar-refractivity contribution in [2.45, 2.75) is 13.8 Å². The highest BCUT2D eigenvalue weighted by Crippen LogP contribution is 2.25. The minimum absolute atomic E-state index is 0.0238. The van der Waals surface area contributed by atoms with Gasteiger partial charge in [-0.05, 0) is 37.1 Å². The van der Waals surface area contributed by atoms with Crippen molar-refractivity contribution >= 4 is 17.1 Å². The van der Waals surface area contributed by atoms with Crippen LogP contribution in [0, 0.1) is 13.8 Å². The third-order valence-electron chi connectivity index (χ3n) is 2.64. The first-order valence-electron chi connectivity index (χ1n) is 5.22. The Balaban J connectivity index is 2.46. The highest BCUT2D eigenvalue weighted by molar-refractivity contribution is 7.11. The van der Waals surface area contributed by atoms with E-state index in [0.29, 0.717) is 10.4 Å². The van der Waals surface area contributed by atoms with E-state index in [9.17, 15) is 4.79 Å². The summed E-state index contributed by atoms with van der Waals surface area (Å²) in [6, 6.07) is 3.76. The van der Waals surface area contributed by atoms with Gasteiger partial charge in [0.15, 0.2) is 0 Å². The van der Waals surface area contributed by atoms with Crippen LogP contribution in [0.1, 0.15) is 26.4 Å². The second-order valence-electron chi connectivity index (χ2n) is 3.83. The number of nitrogens with zero attached hydrogens (tertiary/aromatic N) is 1. The van der Waals surface area contributed by atoms with Crippen LogP contribution in [0.25, 0.3) is 0 Å². The molecule has 88 valence electrons. The number of thiazole rings is 1. The first-order valence-corrected chi connectivity index (χ1v) is 6.10. The van der Waals surface area contributed by atoms with Crippen molar-refractivity contribution in [1.82, 2.24) is 4.98 Å². The van der Waals surface area contributed by atoms with Crippen molar-refractivity contribution in [3.63, 3.8) is 0 Å². The van der Waals surface area contributed by atoms with Gasteiger partial charge in [0.05, 0.1) is 17.5 Å². The molecule has 0 atom stereocenters. The van der Waals surface area contributed by atoms with Crippen LogP contribution >= 0.6 is 11.3 Å². The Kier molecular flexibility index (Phi) is 3.24. The van der Waals surface area contributed by atoms with E-state index in [1.807, 2.05) is 26.0 Å². The Morgan fingerprint density at radius 3 is 2.65 bits per heavy atom. The third-order valence-corrected chi connectivity index (χ3v) is 3.41. The molecule has 0 fully saturated rings. The van der Waals surface area contributed by atoms with Gasteiger partial charge in [0, 0.05) is 11.8 Å². The van der Waals surface area contributed by atoms with E-state index in [1.165, 1.54) is 11.3 Å².